The molecule has 4 heterocycles. The van der Waals surface area contributed by atoms with Crippen molar-refractivity contribution in [3.63, 3.8) is 0 Å². The number of nitrogen functional groups attached to an aromatic ring is 1. The molecule has 1 saturated heterocycles. The van der Waals surface area contributed by atoms with Crippen LogP contribution in [0, 0.1) is 40.6 Å². The average Bonchev–Trinajstić information content (AvgIpc) is 3.02. The molecule has 5 rings (SSSR count). The SMILES string of the molecule is C=CC(=O)N1CCN(c2c(C#N)c(=O)n([C@H]3C(C(C)C)=NC=C[C@H]3C)c3nc(-c4c(N)c(F)c(Cl)c(F)c4F)c(Cl)cc23)CC1. The van der Waals surface area contributed by atoms with Crippen LogP contribution in [-0.4, -0.2) is 52.2 Å². The number of pyridine rings is 2. The standard InChI is InChI=1S/C31H28Cl2F3N7O2/c1-5-19(44)41-8-10-42(11-9-41)29-16-12-18(32)27(20-22(34)23(35)21(33)24(36)25(20)38)40-30(16)43(31(45)17(29)13-37)28-15(4)6-7-39-26(28)14(2)3/h5-7,12,14-15,28H,1,8-11,38H2,2-4H3/t15-,28-/m1/s1. The van der Waals surface area contributed by atoms with E-state index in [2.05, 4.69) is 16.6 Å². The Balaban J connectivity index is 1.88. The Morgan fingerprint density at radius 2 is 1.84 bits per heavy atom. The minimum absolute atomic E-state index is 0.0342. The van der Waals surface area contributed by atoms with Gasteiger partial charge in [-0.3, -0.25) is 19.1 Å². The van der Waals surface area contributed by atoms with Gasteiger partial charge in [-0.2, -0.15) is 5.26 Å². The van der Waals surface area contributed by atoms with E-state index < -0.39 is 51.0 Å². The van der Waals surface area contributed by atoms with Gasteiger partial charge in [0.25, 0.3) is 5.56 Å². The summed E-state index contributed by atoms with van der Waals surface area (Å²) in [6.07, 6.45) is 4.64. The largest absolute Gasteiger partial charge is 0.396 e. The van der Waals surface area contributed by atoms with E-state index in [0.29, 0.717) is 5.71 Å². The number of hydrogen-bond donors (Lipinski definition) is 1. The van der Waals surface area contributed by atoms with Crippen molar-refractivity contribution in [1.29, 1.82) is 5.26 Å². The first-order chi connectivity index (χ1) is 21.3. The minimum atomic E-state index is -1.68. The number of hydrogen-bond acceptors (Lipinski definition) is 7. The molecular formula is C31H28Cl2F3N7O2. The molecular weight excluding hydrogens is 630 g/mol. The summed E-state index contributed by atoms with van der Waals surface area (Å²) in [5, 5.41) is 9.24. The lowest BCUT2D eigenvalue weighted by Crippen LogP contribution is -2.49. The second-order valence-corrected chi connectivity index (χ2v) is 11.9. The van der Waals surface area contributed by atoms with Gasteiger partial charge in [0.05, 0.1) is 33.7 Å². The van der Waals surface area contributed by atoms with Crippen molar-refractivity contribution in [2.75, 3.05) is 36.8 Å². The van der Waals surface area contributed by atoms with E-state index in [0.717, 1.165) is 0 Å². The highest BCUT2D eigenvalue weighted by Crippen LogP contribution is 2.42. The first-order valence-corrected chi connectivity index (χ1v) is 14.8. The average molecular weight is 659 g/mol. The third kappa shape index (κ3) is 5.23. The Kier molecular flexibility index (Phi) is 8.70. The number of nitrogens with two attached hydrogens (primary N) is 1. The van der Waals surface area contributed by atoms with Crippen molar-refractivity contribution in [2.24, 2.45) is 16.8 Å². The minimum Gasteiger partial charge on any atom is -0.396 e. The monoisotopic (exact) mass is 657 g/mol. The number of benzene rings is 1. The normalized spacial score (nSPS) is 18.4. The molecule has 9 nitrogen and oxygen atoms in total. The molecule has 0 radical (unpaired) electrons. The molecule has 2 aromatic heterocycles. The molecule has 0 aliphatic carbocycles. The fourth-order valence-electron chi connectivity index (χ4n) is 5.89. The first kappa shape index (κ1) is 32.1. The number of aromatic nitrogens is 2. The first-order valence-electron chi connectivity index (χ1n) is 14.0. The van der Waals surface area contributed by atoms with E-state index in [9.17, 15) is 23.6 Å². The third-order valence-electron chi connectivity index (χ3n) is 8.13. The lowest BCUT2D eigenvalue weighted by atomic mass is 9.88. The molecule has 14 heteroatoms. The summed E-state index contributed by atoms with van der Waals surface area (Å²) >= 11 is 12.3. The van der Waals surface area contributed by atoms with E-state index in [1.807, 2.05) is 26.8 Å². The molecule has 2 aliphatic heterocycles. The van der Waals surface area contributed by atoms with Crippen LogP contribution in [0.5, 0.6) is 0 Å². The molecule has 234 valence electrons. The van der Waals surface area contributed by atoms with Gasteiger partial charge in [0.15, 0.2) is 17.5 Å². The zero-order valence-corrected chi connectivity index (χ0v) is 26.1. The molecule has 1 amide bonds. The summed E-state index contributed by atoms with van der Waals surface area (Å²) in [5.74, 6) is -5.34. The maximum atomic E-state index is 15.4. The van der Waals surface area contributed by atoms with Crippen molar-refractivity contribution in [3.8, 4) is 17.3 Å². The van der Waals surface area contributed by atoms with Crippen LogP contribution in [-0.2, 0) is 4.79 Å². The maximum Gasteiger partial charge on any atom is 0.272 e. The second kappa shape index (κ2) is 12.2. The van der Waals surface area contributed by atoms with Crippen LogP contribution >= 0.6 is 23.2 Å². The number of carbonyl (C=O) groups is 1. The second-order valence-electron chi connectivity index (χ2n) is 11.1. The van der Waals surface area contributed by atoms with E-state index in [-0.39, 0.29) is 71.2 Å². The molecule has 0 saturated carbocycles. The fraction of sp³-hybridized carbons (Fsp3) is 0.323. The number of nitrogens with zero attached hydrogens (tertiary/aromatic N) is 6. The van der Waals surface area contributed by atoms with E-state index in [1.165, 1.54) is 16.7 Å². The smallest absolute Gasteiger partial charge is 0.272 e. The molecule has 0 bridgehead atoms. The molecule has 45 heavy (non-hydrogen) atoms. The van der Waals surface area contributed by atoms with Gasteiger partial charge >= 0.3 is 0 Å². The Labute approximate surface area is 266 Å². The molecule has 1 aromatic carbocycles. The lowest BCUT2D eigenvalue weighted by molar-refractivity contribution is -0.126. The van der Waals surface area contributed by atoms with Gasteiger partial charge in [-0.15, -0.1) is 0 Å². The lowest BCUT2D eigenvalue weighted by Gasteiger charge is -2.37. The zero-order valence-electron chi connectivity index (χ0n) is 24.5. The molecule has 1 fully saturated rings. The van der Waals surface area contributed by atoms with E-state index in [4.69, 9.17) is 28.9 Å². The third-order valence-corrected chi connectivity index (χ3v) is 8.75. The molecule has 3 aromatic rings. The Hall–Kier alpha value is -4.34. The summed E-state index contributed by atoms with van der Waals surface area (Å²) in [7, 11) is 0. The van der Waals surface area contributed by atoms with Crippen molar-refractivity contribution in [1.82, 2.24) is 14.5 Å². The maximum absolute atomic E-state index is 15.4. The van der Waals surface area contributed by atoms with Gasteiger partial charge in [-0.05, 0) is 18.1 Å². The van der Waals surface area contributed by atoms with Crippen LogP contribution in [0.15, 0.2) is 40.8 Å². The highest BCUT2D eigenvalue weighted by atomic mass is 35.5. The molecule has 2 atom stereocenters. The molecule has 0 spiro atoms. The highest BCUT2D eigenvalue weighted by Gasteiger charge is 2.35. The number of piperazine rings is 1. The van der Waals surface area contributed by atoms with Gasteiger partial charge in [-0.25, -0.2) is 18.2 Å². The molecule has 2 N–H and O–H groups in total. The van der Waals surface area contributed by atoms with Crippen LogP contribution in [0.3, 0.4) is 0 Å². The highest BCUT2D eigenvalue weighted by molar-refractivity contribution is 6.34. The van der Waals surface area contributed by atoms with Gasteiger partial charge in [0.1, 0.15) is 22.3 Å². The predicted octanol–water partition coefficient (Wildman–Crippen LogP) is 5.88. The molecule has 2 aliphatic rings. The summed E-state index contributed by atoms with van der Waals surface area (Å²) < 4.78 is 46.2. The van der Waals surface area contributed by atoms with E-state index >= 15 is 4.39 Å². The number of halogens is 5. The Morgan fingerprint density at radius 1 is 1.18 bits per heavy atom. The topological polar surface area (TPSA) is 121 Å². The number of allylic oxidation sites excluding steroid dienone is 1. The zero-order chi connectivity index (χ0) is 32.9. The number of amides is 1. The van der Waals surface area contributed by atoms with Crippen molar-refractivity contribution < 1.29 is 18.0 Å². The summed E-state index contributed by atoms with van der Waals surface area (Å²) in [6.45, 7) is 10.3. The van der Waals surface area contributed by atoms with Crippen LogP contribution in [0.1, 0.15) is 32.4 Å². The number of anilines is 2. The Bertz CT molecular complexity index is 1900. The van der Waals surface area contributed by atoms with Crippen LogP contribution in [0.25, 0.3) is 22.3 Å². The van der Waals surface area contributed by atoms with Crippen molar-refractivity contribution in [2.45, 2.75) is 26.8 Å². The number of rotatable bonds is 5. The van der Waals surface area contributed by atoms with Gasteiger partial charge < -0.3 is 15.5 Å². The number of fused-ring (bicyclic) bond motifs is 1. The quantitative estimate of drug-likeness (QED) is 0.158. The van der Waals surface area contributed by atoms with Crippen LogP contribution < -0.4 is 16.2 Å². The predicted molar refractivity (Wildman–Crippen MR) is 169 cm³/mol. The number of aliphatic imine (C=N–C) groups is 1. The Morgan fingerprint density at radius 3 is 2.44 bits per heavy atom. The number of carbonyl (C=O) groups excluding carboxylic acids is 1. The molecule has 0 unspecified atom stereocenters. The fourth-order valence-corrected chi connectivity index (χ4v) is 6.32. The number of nitriles is 1. The van der Waals surface area contributed by atoms with Gasteiger partial charge in [-0.1, -0.05) is 56.6 Å². The summed E-state index contributed by atoms with van der Waals surface area (Å²) in [6, 6.07) is 2.69. The van der Waals surface area contributed by atoms with Gasteiger partial charge in [0.2, 0.25) is 5.91 Å². The van der Waals surface area contributed by atoms with Crippen LogP contribution in [0.4, 0.5) is 24.5 Å². The van der Waals surface area contributed by atoms with E-state index in [1.54, 1.807) is 22.1 Å². The van der Waals surface area contributed by atoms with Crippen molar-refractivity contribution in [3.05, 3.63) is 74.4 Å². The van der Waals surface area contributed by atoms with Crippen molar-refractivity contribution >= 4 is 57.2 Å². The van der Waals surface area contributed by atoms with Crippen LogP contribution in [0.2, 0.25) is 10.0 Å². The summed E-state index contributed by atoms with van der Waals surface area (Å²) in [4.78, 5) is 39.1. The van der Waals surface area contributed by atoms with Gasteiger partial charge in [0, 0.05) is 49.4 Å². The summed E-state index contributed by atoms with van der Waals surface area (Å²) in [5.41, 5.74) is 3.76.